The van der Waals surface area contributed by atoms with Crippen LogP contribution in [0.4, 0.5) is 11.5 Å². The van der Waals surface area contributed by atoms with Crippen molar-refractivity contribution in [3.8, 4) is 5.75 Å². The highest BCUT2D eigenvalue weighted by molar-refractivity contribution is 6.43. The molecule has 0 fully saturated rings. The SMILES string of the molecule is COc1ccc2c(Nc3cccc(Cl)c3Cl)ncnc2c1. The second kappa shape index (κ2) is 5.76. The molecular formula is C15H11Cl2N3O. The molecule has 106 valence electrons. The van der Waals surface area contributed by atoms with Crippen LogP contribution >= 0.6 is 23.2 Å². The number of hydrogen-bond donors (Lipinski definition) is 1. The van der Waals surface area contributed by atoms with Crippen molar-refractivity contribution in [1.82, 2.24) is 9.97 Å². The van der Waals surface area contributed by atoms with Crippen LogP contribution in [0.3, 0.4) is 0 Å². The van der Waals surface area contributed by atoms with E-state index in [1.807, 2.05) is 30.3 Å². The highest BCUT2D eigenvalue weighted by Crippen LogP contribution is 2.33. The predicted molar refractivity (Wildman–Crippen MR) is 85.8 cm³/mol. The lowest BCUT2D eigenvalue weighted by atomic mass is 10.2. The summed E-state index contributed by atoms with van der Waals surface area (Å²) in [7, 11) is 1.62. The number of hydrogen-bond acceptors (Lipinski definition) is 4. The Hall–Kier alpha value is -2.04. The molecule has 0 radical (unpaired) electrons. The quantitative estimate of drug-likeness (QED) is 0.760. The van der Waals surface area contributed by atoms with Gasteiger partial charge in [0.15, 0.2) is 0 Å². The molecule has 0 atom stereocenters. The third-order valence-electron chi connectivity index (χ3n) is 3.05. The van der Waals surface area contributed by atoms with Gasteiger partial charge in [-0.05, 0) is 24.3 Å². The van der Waals surface area contributed by atoms with Gasteiger partial charge in [-0.2, -0.15) is 0 Å². The minimum Gasteiger partial charge on any atom is -0.497 e. The number of anilines is 2. The molecule has 0 bridgehead atoms. The third kappa shape index (κ3) is 2.73. The van der Waals surface area contributed by atoms with Gasteiger partial charge in [0.25, 0.3) is 0 Å². The first-order valence-electron chi connectivity index (χ1n) is 6.19. The van der Waals surface area contributed by atoms with Crippen LogP contribution < -0.4 is 10.1 Å². The van der Waals surface area contributed by atoms with Gasteiger partial charge in [-0.1, -0.05) is 29.3 Å². The molecule has 0 aliphatic heterocycles. The van der Waals surface area contributed by atoms with E-state index in [0.717, 1.165) is 16.7 Å². The molecule has 1 aromatic heterocycles. The van der Waals surface area contributed by atoms with Gasteiger partial charge in [0.1, 0.15) is 17.9 Å². The smallest absolute Gasteiger partial charge is 0.141 e. The van der Waals surface area contributed by atoms with Crippen LogP contribution in [0.2, 0.25) is 10.0 Å². The molecule has 0 aliphatic rings. The van der Waals surface area contributed by atoms with Crippen LogP contribution in [0.1, 0.15) is 0 Å². The first-order valence-corrected chi connectivity index (χ1v) is 6.94. The fourth-order valence-corrected chi connectivity index (χ4v) is 2.34. The molecule has 0 amide bonds. The van der Waals surface area contributed by atoms with Gasteiger partial charge in [0, 0.05) is 11.5 Å². The lowest BCUT2D eigenvalue weighted by Crippen LogP contribution is -1.97. The molecule has 1 N–H and O–H groups in total. The Kier molecular flexibility index (Phi) is 3.82. The average Bonchev–Trinajstić information content (AvgIpc) is 2.51. The molecule has 3 aromatic rings. The number of nitrogens with one attached hydrogen (secondary N) is 1. The van der Waals surface area contributed by atoms with Crippen LogP contribution in [-0.2, 0) is 0 Å². The van der Waals surface area contributed by atoms with Gasteiger partial charge < -0.3 is 10.1 Å². The fraction of sp³-hybridized carbons (Fsp3) is 0.0667. The Morgan fingerprint density at radius 2 is 1.95 bits per heavy atom. The summed E-state index contributed by atoms with van der Waals surface area (Å²) in [5, 5.41) is 5.00. The molecule has 21 heavy (non-hydrogen) atoms. The number of methoxy groups -OCH3 is 1. The molecule has 0 unspecified atom stereocenters. The Morgan fingerprint density at radius 3 is 2.76 bits per heavy atom. The zero-order valence-electron chi connectivity index (χ0n) is 11.1. The third-order valence-corrected chi connectivity index (χ3v) is 3.87. The zero-order chi connectivity index (χ0) is 14.8. The van der Waals surface area contributed by atoms with Crippen molar-refractivity contribution in [2.24, 2.45) is 0 Å². The summed E-state index contributed by atoms with van der Waals surface area (Å²) in [6, 6.07) is 11.0. The minimum atomic E-state index is 0.458. The first kappa shape index (κ1) is 13.9. The number of aromatic nitrogens is 2. The van der Waals surface area contributed by atoms with Gasteiger partial charge in [-0.3, -0.25) is 0 Å². The molecule has 0 saturated carbocycles. The van der Waals surface area contributed by atoms with E-state index in [1.54, 1.807) is 13.2 Å². The molecule has 1 heterocycles. The van der Waals surface area contributed by atoms with Crippen molar-refractivity contribution in [2.45, 2.75) is 0 Å². The monoisotopic (exact) mass is 319 g/mol. The number of nitrogens with zero attached hydrogens (tertiary/aromatic N) is 2. The second-order valence-electron chi connectivity index (χ2n) is 4.33. The Labute approximate surface area is 131 Å². The zero-order valence-corrected chi connectivity index (χ0v) is 12.6. The summed E-state index contributed by atoms with van der Waals surface area (Å²) in [6.45, 7) is 0. The lowest BCUT2D eigenvalue weighted by molar-refractivity contribution is 0.415. The molecule has 4 nitrogen and oxygen atoms in total. The average molecular weight is 320 g/mol. The van der Waals surface area contributed by atoms with Crippen molar-refractivity contribution in [3.63, 3.8) is 0 Å². The summed E-state index contributed by atoms with van der Waals surface area (Å²) in [4.78, 5) is 8.51. The van der Waals surface area contributed by atoms with Gasteiger partial charge in [-0.25, -0.2) is 9.97 Å². The van der Waals surface area contributed by atoms with E-state index < -0.39 is 0 Å². The summed E-state index contributed by atoms with van der Waals surface area (Å²) < 4.78 is 5.20. The van der Waals surface area contributed by atoms with Crippen LogP contribution in [-0.4, -0.2) is 17.1 Å². The van der Waals surface area contributed by atoms with E-state index >= 15 is 0 Å². The maximum absolute atomic E-state index is 6.18. The lowest BCUT2D eigenvalue weighted by Gasteiger charge is -2.11. The molecule has 3 rings (SSSR count). The van der Waals surface area contributed by atoms with Gasteiger partial charge in [0.05, 0.1) is 28.4 Å². The molecule has 0 spiro atoms. The largest absolute Gasteiger partial charge is 0.497 e. The maximum atomic E-state index is 6.18. The van der Waals surface area contributed by atoms with Crippen molar-refractivity contribution in [3.05, 3.63) is 52.8 Å². The summed E-state index contributed by atoms with van der Waals surface area (Å²) in [5.41, 5.74) is 1.48. The summed E-state index contributed by atoms with van der Waals surface area (Å²) in [6.07, 6.45) is 1.49. The summed E-state index contributed by atoms with van der Waals surface area (Å²) >= 11 is 12.2. The first-order chi connectivity index (χ1) is 10.2. The van der Waals surface area contributed by atoms with Crippen LogP contribution in [0, 0.1) is 0 Å². The van der Waals surface area contributed by atoms with Crippen LogP contribution in [0.5, 0.6) is 5.75 Å². The Balaban J connectivity index is 2.06. The predicted octanol–water partition coefficient (Wildman–Crippen LogP) is 4.69. The number of rotatable bonds is 3. The number of halogens is 2. The van der Waals surface area contributed by atoms with Crippen molar-refractivity contribution < 1.29 is 4.74 Å². The number of ether oxygens (including phenoxy) is 1. The molecule has 0 aliphatic carbocycles. The highest BCUT2D eigenvalue weighted by atomic mass is 35.5. The van der Waals surface area contributed by atoms with E-state index in [4.69, 9.17) is 27.9 Å². The summed E-state index contributed by atoms with van der Waals surface area (Å²) in [5.74, 6) is 1.40. The van der Waals surface area contributed by atoms with E-state index in [2.05, 4.69) is 15.3 Å². The highest BCUT2D eigenvalue weighted by Gasteiger charge is 2.09. The molecule has 0 saturated heterocycles. The second-order valence-corrected chi connectivity index (χ2v) is 5.12. The van der Waals surface area contributed by atoms with E-state index in [-0.39, 0.29) is 0 Å². The van der Waals surface area contributed by atoms with E-state index in [0.29, 0.717) is 21.6 Å². The Bertz CT molecular complexity index is 808. The fourth-order valence-electron chi connectivity index (χ4n) is 1.99. The maximum Gasteiger partial charge on any atom is 0.141 e. The Morgan fingerprint density at radius 1 is 1.10 bits per heavy atom. The van der Waals surface area contributed by atoms with E-state index in [1.165, 1.54) is 6.33 Å². The van der Waals surface area contributed by atoms with Crippen LogP contribution in [0.15, 0.2) is 42.7 Å². The van der Waals surface area contributed by atoms with Crippen molar-refractivity contribution in [2.75, 3.05) is 12.4 Å². The standard InChI is InChI=1S/C15H11Cl2N3O/c1-21-9-5-6-10-13(7-9)18-8-19-15(10)20-12-4-2-3-11(16)14(12)17/h2-8H,1H3,(H,18,19,20). The van der Waals surface area contributed by atoms with Gasteiger partial charge in [0.2, 0.25) is 0 Å². The number of benzene rings is 2. The topological polar surface area (TPSA) is 47.0 Å². The van der Waals surface area contributed by atoms with Crippen LogP contribution in [0.25, 0.3) is 10.9 Å². The molecule has 2 aromatic carbocycles. The van der Waals surface area contributed by atoms with Crippen molar-refractivity contribution in [1.29, 1.82) is 0 Å². The van der Waals surface area contributed by atoms with Crippen molar-refractivity contribution >= 4 is 45.6 Å². The molecule has 6 heteroatoms. The minimum absolute atomic E-state index is 0.458. The number of fused-ring (bicyclic) bond motifs is 1. The van der Waals surface area contributed by atoms with E-state index in [9.17, 15) is 0 Å². The van der Waals surface area contributed by atoms with Gasteiger partial charge in [-0.15, -0.1) is 0 Å². The van der Waals surface area contributed by atoms with Gasteiger partial charge >= 0.3 is 0 Å². The molecular weight excluding hydrogens is 309 g/mol. The normalized spacial score (nSPS) is 10.6.